The van der Waals surface area contributed by atoms with Gasteiger partial charge in [0.25, 0.3) is 0 Å². The Hall–Kier alpha value is -1.74. The van der Waals surface area contributed by atoms with Crippen molar-refractivity contribution in [2.45, 2.75) is 11.3 Å². The van der Waals surface area contributed by atoms with Crippen LogP contribution in [-0.4, -0.2) is 12.2 Å². The maximum Gasteiger partial charge on any atom is 0.228 e. The second-order valence-corrected chi connectivity index (χ2v) is 4.82. The highest BCUT2D eigenvalue weighted by atomic mass is 32.2. The minimum atomic E-state index is 0.0134. The zero-order chi connectivity index (χ0) is 12.8. The zero-order valence-corrected chi connectivity index (χ0v) is 11.0. The van der Waals surface area contributed by atoms with E-state index < -0.39 is 0 Å². The van der Waals surface area contributed by atoms with Gasteiger partial charge in [0, 0.05) is 10.6 Å². The molecule has 1 N–H and O–H groups in total. The van der Waals surface area contributed by atoms with E-state index in [4.69, 9.17) is 0 Å². The van der Waals surface area contributed by atoms with Gasteiger partial charge in [0.2, 0.25) is 5.91 Å². The largest absolute Gasteiger partial charge is 0.326 e. The van der Waals surface area contributed by atoms with Gasteiger partial charge in [0.1, 0.15) is 0 Å². The molecule has 0 saturated carbocycles. The minimum absolute atomic E-state index is 0.0134. The molecule has 92 valence electrons. The Bertz CT molecular complexity index is 525. The van der Waals surface area contributed by atoms with Crippen molar-refractivity contribution in [2.75, 3.05) is 11.6 Å². The molecular formula is C15H15NOS. The molecule has 0 heterocycles. The van der Waals surface area contributed by atoms with Crippen molar-refractivity contribution in [3.05, 3.63) is 60.2 Å². The fourth-order valence-corrected chi connectivity index (χ4v) is 2.15. The quantitative estimate of drug-likeness (QED) is 0.848. The number of thioether (sulfide) groups is 1. The molecule has 1 amide bonds. The fourth-order valence-electron chi connectivity index (χ4n) is 1.69. The van der Waals surface area contributed by atoms with Gasteiger partial charge < -0.3 is 5.32 Å². The van der Waals surface area contributed by atoms with Crippen molar-refractivity contribution in [1.82, 2.24) is 0 Å². The van der Waals surface area contributed by atoms with Gasteiger partial charge in [-0.15, -0.1) is 11.8 Å². The smallest absolute Gasteiger partial charge is 0.228 e. The average Bonchev–Trinajstić information content (AvgIpc) is 2.40. The number of hydrogen-bond donors (Lipinski definition) is 1. The SMILES string of the molecule is CSc1cccc(NC(=O)Cc2ccccc2)c1. The first-order valence-electron chi connectivity index (χ1n) is 5.76. The average molecular weight is 257 g/mol. The van der Waals surface area contributed by atoms with E-state index in [-0.39, 0.29) is 5.91 Å². The van der Waals surface area contributed by atoms with Gasteiger partial charge >= 0.3 is 0 Å². The van der Waals surface area contributed by atoms with Gasteiger partial charge in [-0.3, -0.25) is 4.79 Å². The zero-order valence-electron chi connectivity index (χ0n) is 10.2. The Morgan fingerprint density at radius 1 is 1.11 bits per heavy atom. The van der Waals surface area contributed by atoms with Crippen LogP contribution in [0.5, 0.6) is 0 Å². The first-order valence-corrected chi connectivity index (χ1v) is 6.98. The molecule has 3 heteroatoms. The molecule has 0 radical (unpaired) electrons. The second-order valence-electron chi connectivity index (χ2n) is 3.94. The lowest BCUT2D eigenvalue weighted by atomic mass is 10.1. The monoisotopic (exact) mass is 257 g/mol. The highest BCUT2D eigenvalue weighted by Crippen LogP contribution is 2.19. The van der Waals surface area contributed by atoms with E-state index in [1.54, 1.807) is 11.8 Å². The van der Waals surface area contributed by atoms with Gasteiger partial charge in [-0.05, 0) is 30.0 Å². The third-order valence-corrected chi connectivity index (χ3v) is 3.29. The Labute approximate surface area is 111 Å². The third-order valence-electron chi connectivity index (χ3n) is 2.56. The molecule has 0 aromatic heterocycles. The summed E-state index contributed by atoms with van der Waals surface area (Å²) in [7, 11) is 0. The first kappa shape index (κ1) is 12.7. The molecule has 2 nitrogen and oxygen atoms in total. The topological polar surface area (TPSA) is 29.1 Å². The highest BCUT2D eigenvalue weighted by Gasteiger charge is 2.03. The van der Waals surface area contributed by atoms with E-state index in [2.05, 4.69) is 5.32 Å². The van der Waals surface area contributed by atoms with Crippen LogP contribution in [0.1, 0.15) is 5.56 Å². The summed E-state index contributed by atoms with van der Waals surface area (Å²) >= 11 is 1.66. The van der Waals surface area contributed by atoms with Gasteiger partial charge in [-0.2, -0.15) is 0 Å². The maximum atomic E-state index is 11.9. The number of amides is 1. The van der Waals surface area contributed by atoms with Crippen molar-refractivity contribution < 1.29 is 4.79 Å². The van der Waals surface area contributed by atoms with Crippen molar-refractivity contribution in [1.29, 1.82) is 0 Å². The summed E-state index contributed by atoms with van der Waals surface area (Å²) in [4.78, 5) is 13.0. The highest BCUT2D eigenvalue weighted by molar-refractivity contribution is 7.98. The van der Waals surface area contributed by atoms with Crippen LogP contribution in [0.25, 0.3) is 0 Å². The lowest BCUT2D eigenvalue weighted by molar-refractivity contribution is -0.115. The number of carbonyl (C=O) groups is 1. The molecule has 0 atom stereocenters. The molecular weight excluding hydrogens is 242 g/mol. The van der Waals surface area contributed by atoms with Crippen LogP contribution in [0.2, 0.25) is 0 Å². The molecule has 2 aromatic rings. The minimum Gasteiger partial charge on any atom is -0.326 e. The van der Waals surface area contributed by atoms with E-state index in [1.807, 2.05) is 60.9 Å². The lowest BCUT2D eigenvalue weighted by Gasteiger charge is -2.06. The number of rotatable bonds is 4. The van der Waals surface area contributed by atoms with Crippen molar-refractivity contribution in [3.63, 3.8) is 0 Å². The van der Waals surface area contributed by atoms with Crippen molar-refractivity contribution >= 4 is 23.4 Å². The van der Waals surface area contributed by atoms with Gasteiger partial charge in [-0.25, -0.2) is 0 Å². The number of anilines is 1. The Kier molecular flexibility index (Phi) is 4.42. The predicted octanol–water partition coefficient (Wildman–Crippen LogP) is 3.59. The van der Waals surface area contributed by atoms with Crippen LogP contribution in [-0.2, 0) is 11.2 Å². The summed E-state index contributed by atoms with van der Waals surface area (Å²) in [5.41, 5.74) is 1.87. The Morgan fingerprint density at radius 2 is 1.89 bits per heavy atom. The molecule has 0 unspecified atom stereocenters. The lowest BCUT2D eigenvalue weighted by Crippen LogP contribution is -2.14. The fraction of sp³-hybridized carbons (Fsp3) is 0.133. The molecule has 0 saturated heterocycles. The van der Waals surface area contributed by atoms with Gasteiger partial charge in [0.15, 0.2) is 0 Å². The van der Waals surface area contributed by atoms with E-state index in [0.717, 1.165) is 16.1 Å². The predicted molar refractivity (Wildman–Crippen MR) is 77.0 cm³/mol. The summed E-state index contributed by atoms with van der Waals surface area (Å²) in [6.45, 7) is 0. The summed E-state index contributed by atoms with van der Waals surface area (Å²) in [5, 5.41) is 2.91. The van der Waals surface area contributed by atoms with Crippen LogP contribution < -0.4 is 5.32 Å². The summed E-state index contributed by atoms with van der Waals surface area (Å²) in [5.74, 6) is 0.0134. The van der Waals surface area contributed by atoms with E-state index in [1.165, 1.54) is 0 Å². The standard InChI is InChI=1S/C15H15NOS/c1-18-14-9-5-8-13(11-14)16-15(17)10-12-6-3-2-4-7-12/h2-9,11H,10H2,1H3,(H,16,17). The molecule has 2 aromatic carbocycles. The van der Waals surface area contributed by atoms with E-state index in [0.29, 0.717) is 6.42 Å². The first-order chi connectivity index (χ1) is 8.78. The number of hydrogen-bond acceptors (Lipinski definition) is 2. The molecule has 2 rings (SSSR count). The van der Waals surface area contributed by atoms with Gasteiger partial charge in [0.05, 0.1) is 6.42 Å². The van der Waals surface area contributed by atoms with Crippen LogP contribution in [0.3, 0.4) is 0 Å². The molecule has 18 heavy (non-hydrogen) atoms. The number of carbonyl (C=O) groups excluding carboxylic acids is 1. The van der Waals surface area contributed by atoms with E-state index >= 15 is 0 Å². The van der Waals surface area contributed by atoms with Crippen LogP contribution >= 0.6 is 11.8 Å². The van der Waals surface area contributed by atoms with Crippen LogP contribution in [0, 0.1) is 0 Å². The van der Waals surface area contributed by atoms with Gasteiger partial charge in [-0.1, -0.05) is 36.4 Å². The third kappa shape index (κ3) is 3.64. The van der Waals surface area contributed by atoms with Crippen LogP contribution in [0.4, 0.5) is 5.69 Å². The number of nitrogens with one attached hydrogen (secondary N) is 1. The molecule has 0 spiro atoms. The van der Waals surface area contributed by atoms with Crippen molar-refractivity contribution in [2.24, 2.45) is 0 Å². The maximum absolute atomic E-state index is 11.9. The summed E-state index contributed by atoms with van der Waals surface area (Å²) < 4.78 is 0. The molecule has 0 bridgehead atoms. The normalized spacial score (nSPS) is 10.1. The van der Waals surface area contributed by atoms with E-state index in [9.17, 15) is 4.79 Å². The Morgan fingerprint density at radius 3 is 2.61 bits per heavy atom. The number of benzene rings is 2. The molecule has 0 fully saturated rings. The van der Waals surface area contributed by atoms with Crippen molar-refractivity contribution in [3.8, 4) is 0 Å². The summed E-state index contributed by atoms with van der Waals surface area (Å²) in [6.07, 6.45) is 2.43. The molecule has 0 aliphatic rings. The molecule has 0 aliphatic carbocycles. The van der Waals surface area contributed by atoms with Crippen LogP contribution in [0.15, 0.2) is 59.5 Å². The molecule has 0 aliphatic heterocycles. The second kappa shape index (κ2) is 6.26. The summed E-state index contributed by atoms with van der Waals surface area (Å²) in [6, 6.07) is 17.6. The Balaban J connectivity index is 1.99.